The molecule has 0 bridgehead atoms. The van der Waals surface area contributed by atoms with Crippen molar-refractivity contribution in [1.82, 2.24) is 15.2 Å². The van der Waals surface area contributed by atoms with Crippen molar-refractivity contribution in [3.05, 3.63) is 42.1 Å². The van der Waals surface area contributed by atoms with Gasteiger partial charge >= 0.3 is 0 Å². The third kappa shape index (κ3) is 5.78. The third-order valence-electron chi connectivity index (χ3n) is 7.72. The lowest BCUT2D eigenvalue weighted by Crippen LogP contribution is -2.48. The number of benzene rings is 1. The summed E-state index contributed by atoms with van der Waals surface area (Å²) in [4.78, 5) is 22.3. The van der Waals surface area contributed by atoms with Crippen LogP contribution < -0.4 is 24.4 Å². The molecule has 0 radical (unpaired) electrons. The van der Waals surface area contributed by atoms with Gasteiger partial charge in [-0.3, -0.25) is 4.79 Å². The number of aromatic nitrogens is 1. The molecule has 9 heteroatoms. The van der Waals surface area contributed by atoms with Crippen molar-refractivity contribution in [3.8, 4) is 17.4 Å². The zero-order valence-electron chi connectivity index (χ0n) is 21.2. The van der Waals surface area contributed by atoms with E-state index in [0.29, 0.717) is 49.8 Å². The van der Waals surface area contributed by atoms with Crippen molar-refractivity contribution in [2.24, 2.45) is 5.92 Å². The lowest BCUT2D eigenvalue weighted by atomic mass is 9.99. The lowest BCUT2D eigenvalue weighted by molar-refractivity contribution is -0.126. The number of aliphatic hydroxyl groups is 1. The molecule has 0 spiro atoms. The Morgan fingerprint density at radius 3 is 2.70 bits per heavy atom. The van der Waals surface area contributed by atoms with Crippen LogP contribution in [0.4, 0.5) is 5.69 Å². The molecule has 3 atom stereocenters. The molecule has 6 rings (SSSR count). The predicted molar refractivity (Wildman–Crippen MR) is 138 cm³/mol. The number of anilines is 1. The minimum absolute atomic E-state index is 0.00759. The standard InChI is InChI=1S/C28H36N4O5/c33-27(19-3-6-24-25(15-19)36-14-13-35-24)23(18-31-10-1-2-11-31)30-28(34)20-8-12-32(17-20)21-7-9-29-26(16-21)37-22-4-5-22/h3,6-7,9,15-16,20,22-23,27,33H,1-2,4-5,8,10-14,17-18H2,(H,30,34)/t20-,23-,27-/m1/s1. The van der Waals surface area contributed by atoms with Crippen LogP contribution in [0.15, 0.2) is 36.5 Å². The van der Waals surface area contributed by atoms with Gasteiger partial charge in [0, 0.05) is 37.6 Å². The van der Waals surface area contributed by atoms with E-state index in [4.69, 9.17) is 14.2 Å². The first-order valence-electron chi connectivity index (χ1n) is 13.6. The maximum atomic E-state index is 13.4. The fourth-order valence-electron chi connectivity index (χ4n) is 5.47. The molecule has 198 valence electrons. The molecule has 9 nitrogen and oxygen atoms in total. The fourth-order valence-corrected chi connectivity index (χ4v) is 5.47. The Morgan fingerprint density at radius 1 is 1.08 bits per heavy atom. The smallest absolute Gasteiger partial charge is 0.225 e. The van der Waals surface area contributed by atoms with Crippen LogP contribution in [0.3, 0.4) is 0 Å². The monoisotopic (exact) mass is 508 g/mol. The van der Waals surface area contributed by atoms with Crippen LogP contribution in [0, 0.1) is 5.92 Å². The van der Waals surface area contributed by atoms with Crippen molar-refractivity contribution in [3.63, 3.8) is 0 Å². The quantitative estimate of drug-likeness (QED) is 0.534. The fraction of sp³-hybridized carbons (Fsp3) is 0.571. The largest absolute Gasteiger partial charge is 0.486 e. The maximum absolute atomic E-state index is 13.4. The van der Waals surface area contributed by atoms with Gasteiger partial charge in [-0.2, -0.15) is 0 Å². The van der Waals surface area contributed by atoms with Crippen LogP contribution >= 0.6 is 0 Å². The molecular weight excluding hydrogens is 472 g/mol. The summed E-state index contributed by atoms with van der Waals surface area (Å²) in [5.41, 5.74) is 1.76. The zero-order valence-corrected chi connectivity index (χ0v) is 21.2. The third-order valence-corrected chi connectivity index (χ3v) is 7.72. The van der Waals surface area contributed by atoms with E-state index in [9.17, 15) is 9.90 Å². The molecular formula is C28H36N4O5. The van der Waals surface area contributed by atoms with E-state index in [1.807, 2.05) is 30.3 Å². The number of amides is 1. The number of hydrogen-bond acceptors (Lipinski definition) is 8. The Kier molecular flexibility index (Phi) is 7.06. The van der Waals surface area contributed by atoms with Crippen molar-refractivity contribution in [1.29, 1.82) is 0 Å². The van der Waals surface area contributed by atoms with Crippen LogP contribution in [-0.2, 0) is 4.79 Å². The summed E-state index contributed by atoms with van der Waals surface area (Å²) in [6.45, 7) is 5.04. The van der Waals surface area contributed by atoms with Gasteiger partial charge in [0.2, 0.25) is 11.8 Å². The summed E-state index contributed by atoms with van der Waals surface area (Å²) in [5, 5.41) is 14.6. The second-order valence-electron chi connectivity index (χ2n) is 10.6. The first-order valence-corrected chi connectivity index (χ1v) is 13.6. The molecule has 1 amide bonds. The van der Waals surface area contributed by atoms with Crippen LogP contribution in [0.2, 0.25) is 0 Å². The summed E-state index contributed by atoms with van der Waals surface area (Å²) >= 11 is 0. The first-order chi connectivity index (χ1) is 18.1. The van der Waals surface area contributed by atoms with Crippen LogP contribution in [0.25, 0.3) is 0 Å². The highest BCUT2D eigenvalue weighted by molar-refractivity contribution is 5.80. The molecule has 37 heavy (non-hydrogen) atoms. The highest BCUT2D eigenvalue weighted by Crippen LogP contribution is 2.34. The maximum Gasteiger partial charge on any atom is 0.225 e. The number of rotatable bonds is 9. The number of likely N-dealkylation sites (tertiary alicyclic amines) is 1. The van der Waals surface area contributed by atoms with E-state index in [2.05, 4.69) is 20.1 Å². The summed E-state index contributed by atoms with van der Waals surface area (Å²) in [6.07, 6.45) is 6.48. The number of aliphatic hydroxyl groups excluding tert-OH is 1. The highest BCUT2D eigenvalue weighted by atomic mass is 16.6. The Balaban J connectivity index is 1.12. The van der Waals surface area contributed by atoms with Gasteiger partial charge < -0.3 is 34.4 Å². The molecule has 3 fully saturated rings. The Labute approximate surface area is 217 Å². The molecule has 0 unspecified atom stereocenters. The predicted octanol–water partition coefficient (Wildman–Crippen LogP) is 2.53. The minimum atomic E-state index is -0.847. The van der Waals surface area contributed by atoms with Gasteiger partial charge in [0.25, 0.3) is 0 Å². The van der Waals surface area contributed by atoms with Crippen molar-refractivity contribution in [2.75, 3.05) is 50.8 Å². The molecule has 2 saturated heterocycles. The van der Waals surface area contributed by atoms with Crippen LogP contribution in [-0.4, -0.2) is 79.0 Å². The van der Waals surface area contributed by atoms with Gasteiger partial charge in [-0.15, -0.1) is 0 Å². The van der Waals surface area contributed by atoms with Crippen LogP contribution in [0.1, 0.15) is 43.8 Å². The zero-order chi connectivity index (χ0) is 25.2. The number of fused-ring (bicyclic) bond motifs is 1. The van der Waals surface area contributed by atoms with Crippen LogP contribution in [0.5, 0.6) is 17.4 Å². The van der Waals surface area contributed by atoms with Gasteiger partial charge in [0.15, 0.2) is 11.5 Å². The molecule has 3 aliphatic heterocycles. The van der Waals surface area contributed by atoms with E-state index in [0.717, 1.165) is 63.0 Å². The van der Waals surface area contributed by atoms with Gasteiger partial charge in [-0.25, -0.2) is 4.98 Å². The molecule has 2 aromatic rings. The highest BCUT2D eigenvalue weighted by Gasteiger charge is 2.33. The SMILES string of the molecule is O=C(N[C@H](CN1CCCC1)[C@H](O)c1ccc2c(c1)OCCO2)[C@@H]1CCN(c2ccnc(OC3CC3)c2)C1. The second kappa shape index (κ2) is 10.8. The summed E-state index contributed by atoms with van der Waals surface area (Å²) in [6, 6.07) is 9.07. The Morgan fingerprint density at radius 2 is 1.89 bits per heavy atom. The van der Waals surface area contributed by atoms with Gasteiger partial charge in [-0.1, -0.05) is 6.07 Å². The lowest BCUT2D eigenvalue weighted by Gasteiger charge is -2.30. The van der Waals surface area contributed by atoms with Gasteiger partial charge in [-0.05, 0) is 69.0 Å². The van der Waals surface area contributed by atoms with Crippen molar-refractivity contribution < 1.29 is 24.1 Å². The normalized spacial score (nSPS) is 23.1. The molecule has 1 saturated carbocycles. The van der Waals surface area contributed by atoms with E-state index >= 15 is 0 Å². The van der Waals surface area contributed by atoms with E-state index in [1.54, 1.807) is 6.20 Å². The Hall–Kier alpha value is -3.04. The molecule has 1 aliphatic carbocycles. The summed E-state index contributed by atoms with van der Waals surface area (Å²) in [5.74, 6) is 1.83. The summed E-state index contributed by atoms with van der Waals surface area (Å²) in [7, 11) is 0. The first kappa shape index (κ1) is 24.3. The molecule has 4 heterocycles. The number of carbonyl (C=O) groups is 1. The average molecular weight is 509 g/mol. The molecule has 2 N–H and O–H groups in total. The topological polar surface area (TPSA) is 96.4 Å². The number of pyridine rings is 1. The Bertz CT molecular complexity index is 1100. The number of nitrogens with one attached hydrogen (secondary N) is 1. The van der Waals surface area contributed by atoms with E-state index in [1.165, 1.54) is 0 Å². The number of hydrogen-bond donors (Lipinski definition) is 2. The van der Waals surface area contributed by atoms with Crippen molar-refractivity contribution >= 4 is 11.6 Å². The second-order valence-corrected chi connectivity index (χ2v) is 10.6. The molecule has 1 aromatic carbocycles. The number of carbonyl (C=O) groups excluding carboxylic acids is 1. The van der Waals surface area contributed by atoms with E-state index in [-0.39, 0.29) is 11.8 Å². The molecule has 4 aliphatic rings. The van der Waals surface area contributed by atoms with Crippen molar-refractivity contribution in [2.45, 2.75) is 50.4 Å². The average Bonchev–Trinajstić information content (AvgIpc) is 3.37. The van der Waals surface area contributed by atoms with Gasteiger partial charge in [0.1, 0.15) is 25.4 Å². The number of ether oxygens (including phenoxy) is 3. The minimum Gasteiger partial charge on any atom is -0.486 e. The summed E-state index contributed by atoms with van der Waals surface area (Å²) < 4.78 is 17.2. The number of nitrogens with zero attached hydrogens (tertiary/aromatic N) is 3. The van der Waals surface area contributed by atoms with E-state index < -0.39 is 12.1 Å². The van der Waals surface area contributed by atoms with Gasteiger partial charge in [0.05, 0.1) is 12.0 Å². The molecule has 1 aromatic heterocycles.